The van der Waals surface area contributed by atoms with Crippen molar-refractivity contribution in [3.05, 3.63) is 53.6 Å². The Bertz CT molecular complexity index is 977. The summed E-state index contributed by atoms with van der Waals surface area (Å²) in [6.07, 6.45) is 0.417. The second-order valence-electron chi connectivity index (χ2n) is 7.41. The van der Waals surface area contributed by atoms with Gasteiger partial charge in [0.1, 0.15) is 10.6 Å². The molecule has 2 aromatic rings. The van der Waals surface area contributed by atoms with Crippen LogP contribution in [0.15, 0.2) is 47.4 Å². The molecule has 31 heavy (non-hydrogen) atoms. The highest BCUT2D eigenvalue weighted by molar-refractivity contribution is 8.45. The predicted molar refractivity (Wildman–Crippen MR) is 109 cm³/mol. The highest BCUT2D eigenvalue weighted by atomic mass is 32.5. The fraction of sp³-hybridized carbons (Fsp3) is 0.316. The van der Waals surface area contributed by atoms with Gasteiger partial charge in [0.05, 0.1) is 11.4 Å². The number of rotatable bonds is 7. The summed E-state index contributed by atoms with van der Waals surface area (Å²) in [6.45, 7) is -0.0742. The lowest BCUT2D eigenvalue weighted by molar-refractivity contribution is 0.0292. The first-order chi connectivity index (χ1) is 14.2. The molecule has 0 aromatic heterocycles. The average Bonchev–Trinajstić information content (AvgIpc) is 2.96. The third-order valence-corrected chi connectivity index (χ3v) is 5.91. The number of anilines is 2. The molecular formula is C19H22F5N3O3S. The first-order valence-electron chi connectivity index (χ1n) is 9.30. The van der Waals surface area contributed by atoms with Gasteiger partial charge in [-0.05, 0) is 35.7 Å². The molecule has 0 saturated carbocycles. The molecule has 2 aromatic carbocycles. The number of benzene rings is 2. The first-order valence-corrected chi connectivity index (χ1v) is 11.3. The van der Waals surface area contributed by atoms with Crippen LogP contribution in [0.25, 0.3) is 0 Å². The molecule has 0 atom stereocenters. The zero-order valence-electron chi connectivity index (χ0n) is 16.2. The molecule has 0 aliphatic heterocycles. The Hall–Kier alpha value is -2.57. The van der Waals surface area contributed by atoms with E-state index in [1.165, 1.54) is 0 Å². The van der Waals surface area contributed by atoms with Crippen LogP contribution in [0.4, 0.5) is 35.6 Å². The van der Waals surface area contributed by atoms with E-state index in [2.05, 4.69) is 16.0 Å². The molecule has 0 bridgehead atoms. The van der Waals surface area contributed by atoms with Gasteiger partial charge < -0.3 is 26.2 Å². The SMILES string of the molecule is O=C(Nc1cc(S(F)(F)(F)(F)F)ccc1NCCCO)NC1(O)Cc2ccccc2C1. The summed E-state index contributed by atoms with van der Waals surface area (Å²) < 4.78 is 66.1. The number of carbonyl (C=O) groups is 1. The summed E-state index contributed by atoms with van der Waals surface area (Å²) in [5, 5.41) is 26.6. The smallest absolute Gasteiger partial charge is 0.321 e. The first kappa shape index (κ1) is 23.1. The average molecular weight is 467 g/mol. The normalized spacial score (nSPS) is 17.3. The van der Waals surface area contributed by atoms with Crippen molar-refractivity contribution >= 4 is 27.6 Å². The van der Waals surface area contributed by atoms with Crippen LogP contribution in [0.2, 0.25) is 0 Å². The molecule has 0 spiro atoms. The molecule has 0 fully saturated rings. The Balaban J connectivity index is 1.82. The molecule has 5 N–H and O–H groups in total. The minimum absolute atomic E-state index is 0.0455. The van der Waals surface area contributed by atoms with Gasteiger partial charge in [-0.15, -0.1) is 0 Å². The minimum Gasteiger partial charge on any atom is -0.396 e. The topological polar surface area (TPSA) is 93.6 Å². The number of nitrogens with one attached hydrogen (secondary N) is 3. The minimum atomic E-state index is -9.98. The van der Waals surface area contributed by atoms with Gasteiger partial charge in [0.15, 0.2) is 0 Å². The predicted octanol–water partition coefficient (Wildman–Crippen LogP) is 4.75. The van der Waals surface area contributed by atoms with Crippen LogP contribution in [0.5, 0.6) is 0 Å². The van der Waals surface area contributed by atoms with Gasteiger partial charge in [-0.25, -0.2) is 4.79 Å². The standard InChI is InChI=1S/C19H22F5N3O3S/c20-31(21,22,23,24)15-6-7-16(25-8-3-9-28)17(10-15)26-18(29)27-19(30)11-13-4-1-2-5-14(13)12-19/h1-2,4-7,10,25,28,30H,3,8-9,11-12H2,(H2,26,27,29). The molecule has 6 nitrogen and oxygen atoms in total. The van der Waals surface area contributed by atoms with Crippen LogP contribution in [0.3, 0.4) is 0 Å². The van der Waals surface area contributed by atoms with Crippen molar-refractivity contribution in [3.8, 4) is 0 Å². The molecule has 0 radical (unpaired) electrons. The van der Waals surface area contributed by atoms with Gasteiger partial charge in [0.2, 0.25) is 0 Å². The fourth-order valence-electron chi connectivity index (χ4n) is 3.37. The number of hydrogen-bond acceptors (Lipinski definition) is 4. The van der Waals surface area contributed by atoms with Gasteiger partial charge >= 0.3 is 16.3 Å². The van der Waals surface area contributed by atoms with Crippen LogP contribution in [0.1, 0.15) is 17.5 Å². The molecule has 3 rings (SSSR count). The zero-order chi connectivity index (χ0) is 23.0. The summed E-state index contributed by atoms with van der Waals surface area (Å²) >= 11 is 0. The van der Waals surface area contributed by atoms with Gasteiger partial charge in [-0.2, -0.15) is 0 Å². The summed E-state index contributed by atoms with van der Waals surface area (Å²) in [5.41, 5.74) is -0.647. The molecule has 172 valence electrons. The number of carbonyl (C=O) groups excluding carboxylic acids is 1. The third-order valence-electron chi connectivity index (χ3n) is 4.77. The quantitative estimate of drug-likeness (QED) is 0.231. The molecule has 1 aliphatic rings. The fourth-order valence-corrected chi connectivity index (χ4v) is 4.04. The third kappa shape index (κ3) is 5.77. The number of urea groups is 1. The van der Waals surface area contributed by atoms with E-state index in [-0.39, 0.29) is 50.2 Å². The van der Waals surface area contributed by atoms with Crippen molar-refractivity contribution in [2.45, 2.75) is 29.9 Å². The molecule has 0 heterocycles. The second kappa shape index (κ2) is 7.24. The Labute approximate surface area is 175 Å². The van der Waals surface area contributed by atoms with Gasteiger partial charge in [0, 0.05) is 26.0 Å². The van der Waals surface area contributed by atoms with E-state index >= 15 is 0 Å². The van der Waals surface area contributed by atoms with Crippen LogP contribution >= 0.6 is 10.2 Å². The molecule has 0 unspecified atom stereocenters. The van der Waals surface area contributed by atoms with Crippen molar-refractivity contribution in [3.63, 3.8) is 0 Å². The van der Waals surface area contributed by atoms with Crippen LogP contribution in [-0.4, -0.2) is 35.1 Å². The monoisotopic (exact) mass is 467 g/mol. The maximum absolute atomic E-state index is 13.2. The number of aliphatic hydroxyl groups is 2. The van der Waals surface area contributed by atoms with Crippen molar-refractivity contribution in [1.29, 1.82) is 0 Å². The number of hydrogen-bond donors (Lipinski definition) is 5. The largest absolute Gasteiger partial charge is 0.396 e. The molecule has 0 saturated heterocycles. The summed E-state index contributed by atoms with van der Waals surface area (Å²) in [5.74, 6) is 0. The van der Waals surface area contributed by atoms with Crippen molar-refractivity contribution in [2.24, 2.45) is 0 Å². The molecule has 12 heteroatoms. The number of aliphatic hydroxyl groups excluding tert-OH is 1. The lowest BCUT2D eigenvalue weighted by atomic mass is 10.1. The summed E-state index contributed by atoms with van der Waals surface area (Å²) in [4.78, 5) is 10.3. The Morgan fingerprint density at radius 1 is 1.00 bits per heavy atom. The molecule has 2 amide bonds. The Kier molecular flexibility index (Phi) is 5.40. The molecule has 1 aliphatic carbocycles. The van der Waals surface area contributed by atoms with Gasteiger partial charge in [-0.3, -0.25) is 0 Å². The lowest BCUT2D eigenvalue weighted by Gasteiger charge is -2.40. The van der Waals surface area contributed by atoms with Crippen molar-refractivity contribution in [1.82, 2.24) is 5.32 Å². The highest BCUT2D eigenvalue weighted by Crippen LogP contribution is 3.02. The van der Waals surface area contributed by atoms with Crippen molar-refractivity contribution < 1.29 is 34.4 Å². The van der Waals surface area contributed by atoms with Gasteiger partial charge in [-0.1, -0.05) is 43.7 Å². The maximum atomic E-state index is 13.2. The molecular weight excluding hydrogens is 445 g/mol. The number of halogens is 5. The van der Waals surface area contributed by atoms with Crippen LogP contribution in [0, 0.1) is 0 Å². The van der Waals surface area contributed by atoms with Gasteiger partial charge in [0.25, 0.3) is 0 Å². The van der Waals surface area contributed by atoms with E-state index in [9.17, 15) is 29.3 Å². The van der Waals surface area contributed by atoms with E-state index in [1.54, 1.807) is 24.3 Å². The van der Waals surface area contributed by atoms with E-state index in [1.807, 2.05) is 0 Å². The van der Waals surface area contributed by atoms with Crippen LogP contribution in [-0.2, 0) is 12.8 Å². The van der Waals surface area contributed by atoms with E-state index in [0.29, 0.717) is 0 Å². The Morgan fingerprint density at radius 2 is 1.61 bits per heavy atom. The van der Waals surface area contributed by atoms with E-state index in [0.717, 1.165) is 17.2 Å². The highest BCUT2D eigenvalue weighted by Gasteiger charge is 2.65. The van der Waals surface area contributed by atoms with E-state index < -0.39 is 32.6 Å². The van der Waals surface area contributed by atoms with E-state index in [4.69, 9.17) is 5.11 Å². The number of fused-ring (bicyclic) bond motifs is 1. The summed E-state index contributed by atoms with van der Waals surface area (Å²) in [7, 11) is -9.98. The summed E-state index contributed by atoms with van der Waals surface area (Å²) in [6, 6.07) is 7.17. The second-order valence-corrected chi connectivity index (χ2v) is 9.82. The number of amides is 2. The maximum Gasteiger partial charge on any atom is 0.321 e. The van der Waals surface area contributed by atoms with Crippen LogP contribution < -0.4 is 16.0 Å². The zero-order valence-corrected chi connectivity index (χ0v) is 17.0. The Morgan fingerprint density at radius 3 is 2.16 bits per heavy atom. The van der Waals surface area contributed by atoms with Crippen molar-refractivity contribution in [2.75, 3.05) is 23.8 Å². The lowest BCUT2D eigenvalue weighted by Crippen LogP contribution is -2.50.